The normalized spacial score (nSPS) is 9.91. The molecular formula is C15H19ClN4O2. The van der Waals surface area contributed by atoms with E-state index in [1.807, 2.05) is 19.1 Å². The third kappa shape index (κ3) is 4.68. The highest BCUT2D eigenvalue weighted by Gasteiger charge is 2.06. The average molecular weight is 323 g/mol. The van der Waals surface area contributed by atoms with Crippen LogP contribution in [0, 0.1) is 0 Å². The van der Waals surface area contributed by atoms with Crippen molar-refractivity contribution in [3.05, 3.63) is 46.4 Å². The van der Waals surface area contributed by atoms with Gasteiger partial charge in [-0.3, -0.25) is 9.59 Å². The number of H-pyrrole nitrogens is 1. The van der Waals surface area contributed by atoms with Crippen LogP contribution in [0.3, 0.4) is 0 Å². The van der Waals surface area contributed by atoms with E-state index in [1.165, 1.54) is 6.07 Å². The number of benzene rings is 1. The first-order valence-electron chi connectivity index (χ1n) is 6.77. The van der Waals surface area contributed by atoms with Gasteiger partial charge in [-0.25, -0.2) is 4.98 Å². The van der Waals surface area contributed by atoms with Crippen LogP contribution in [0.1, 0.15) is 12.6 Å². The van der Waals surface area contributed by atoms with Crippen LogP contribution in [-0.2, 0) is 11.2 Å². The summed E-state index contributed by atoms with van der Waals surface area (Å²) in [4.78, 5) is 30.3. The Labute approximate surface area is 134 Å². The molecule has 6 nitrogen and oxygen atoms in total. The van der Waals surface area contributed by atoms with Crippen molar-refractivity contribution < 1.29 is 4.79 Å². The summed E-state index contributed by atoms with van der Waals surface area (Å²) in [5.41, 5.74) is 1.97. The van der Waals surface area contributed by atoms with Crippen molar-refractivity contribution in [2.75, 3.05) is 18.9 Å². The lowest BCUT2D eigenvalue weighted by molar-refractivity contribution is -0.115. The van der Waals surface area contributed by atoms with E-state index in [1.54, 1.807) is 19.2 Å². The lowest BCUT2D eigenvalue weighted by Gasteiger charge is -2.07. The fourth-order valence-corrected chi connectivity index (χ4v) is 1.94. The number of halogens is 1. The molecular weight excluding hydrogens is 304 g/mol. The number of hydrogen-bond donors (Lipinski definition) is 3. The zero-order valence-corrected chi connectivity index (χ0v) is 13.3. The summed E-state index contributed by atoms with van der Waals surface area (Å²) in [6, 6.07) is 8.71. The minimum Gasteiger partial charge on any atom is -0.325 e. The fourth-order valence-electron chi connectivity index (χ4n) is 1.94. The third-order valence-electron chi connectivity index (χ3n) is 2.91. The Balaban J connectivity index is 0.00000242. The number of anilines is 1. The molecule has 7 heteroatoms. The van der Waals surface area contributed by atoms with Crippen molar-refractivity contribution in [1.29, 1.82) is 0 Å². The lowest BCUT2D eigenvalue weighted by atomic mass is 10.1. The fraction of sp³-hybridized carbons (Fsp3) is 0.267. The number of rotatable bonds is 5. The molecule has 1 heterocycles. The van der Waals surface area contributed by atoms with E-state index in [0.717, 1.165) is 11.3 Å². The number of amides is 1. The van der Waals surface area contributed by atoms with Gasteiger partial charge < -0.3 is 15.6 Å². The van der Waals surface area contributed by atoms with Gasteiger partial charge in [0.15, 0.2) is 0 Å². The quantitative estimate of drug-likeness (QED) is 0.780. The molecule has 0 saturated heterocycles. The molecule has 0 aliphatic heterocycles. The molecule has 0 unspecified atom stereocenters. The van der Waals surface area contributed by atoms with Crippen molar-refractivity contribution >= 4 is 24.0 Å². The molecule has 22 heavy (non-hydrogen) atoms. The van der Waals surface area contributed by atoms with Crippen LogP contribution >= 0.6 is 12.4 Å². The largest absolute Gasteiger partial charge is 0.325 e. The maximum atomic E-state index is 11.6. The topological polar surface area (TPSA) is 86.9 Å². The molecule has 1 aromatic carbocycles. The SMILES string of the molecule is CCc1cc(=O)[nH]c(-c2cccc(NC(=O)CNC)c2)n1.Cl. The molecule has 0 radical (unpaired) electrons. The molecule has 2 rings (SSSR count). The van der Waals surface area contributed by atoms with E-state index in [4.69, 9.17) is 0 Å². The molecule has 0 bridgehead atoms. The highest BCUT2D eigenvalue weighted by atomic mass is 35.5. The van der Waals surface area contributed by atoms with Gasteiger partial charge in [0.05, 0.1) is 6.54 Å². The number of nitrogens with one attached hydrogen (secondary N) is 3. The number of nitrogens with zero attached hydrogens (tertiary/aromatic N) is 1. The van der Waals surface area contributed by atoms with Crippen LogP contribution in [0.15, 0.2) is 35.1 Å². The van der Waals surface area contributed by atoms with Crippen molar-refractivity contribution in [3.8, 4) is 11.4 Å². The van der Waals surface area contributed by atoms with Crippen LogP contribution in [0.5, 0.6) is 0 Å². The van der Waals surface area contributed by atoms with Crippen LogP contribution in [0.25, 0.3) is 11.4 Å². The summed E-state index contributed by atoms with van der Waals surface area (Å²) in [7, 11) is 1.71. The summed E-state index contributed by atoms with van der Waals surface area (Å²) in [6.45, 7) is 2.19. The molecule has 0 saturated carbocycles. The number of aryl methyl sites for hydroxylation is 1. The summed E-state index contributed by atoms with van der Waals surface area (Å²) in [5, 5.41) is 5.56. The van der Waals surface area contributed by atoms with E-state index in [0.29, 0.717) is 17.9 Å². The minimum absolute atomic E-state index is 0. The Bertz CT molecular complexity index is 700. The molecule has 2 aromatic rings. The number of aromatic amines is 1. The van der Waals surface area contributed by atoms with E-state index in [-0.39, 0.29) is 30.4 Å². The molecule has 0 aliphatic carbocycles. The van der Waals surface area contributed by atoms with Crippen molar-refractivity contribution in [3.63, 3.8) is 0 Å². The van der Waals surface area contributed by atoms with Gasteiger partial charge >= 0.3 is 0 Å². The van der Waals surface area contributed by atoms with Crippen molar-refractivity contribution in [2.24, 2.45) is 0 Å². The number of aromatic nitrogens is 2. The van der Waals surface area contributed by atoms with E-state index in [9.17, 15) is 9.59 Å². The van der Waals surface area contributed by atoms with E-state index in [2.05, 4.69) is 20.6 Å². The zero-order chi connectivity index (χ0) is 15.2. The molecule has 1 aromatic heterocycles. The smallest absolute Gasteiger partial charge is 0.251 e. The molecule has 0 atom stereocenters. The van der Waals surface area contributed by atoms with E-state index >= 15 is 0 Å². The Morgan fingerprint density at radius 1 is 1.32 bits per heavy atom. The standard InChI is InChI=1S/C15H18N4O2.ClH/c1-3-11-8-13(20)19-15(18-11)10-5-4-6-12(7-10)17-14(21)9-16-2;/h4-8,16H,3,9H2,1-2H3,(H,17,21)(H,18,19,20);1H. The zero-order valence-electron chi connectivity index (χ0n) is 12.5. The summed E-state index contributed by atoms with van der Waals surface area (Å²) in [6.07, 6.45) is 0.690. The number of likely N-dealkylation sites (N-methyl/N-ethyl adjacent to an activating group) is 1. The average Bonchev–Trinajstić information content (AvgIpc) is 2.47. The van der Waals surface area contributed by atoms with Crippen LogP contribution in [-0.4, -0.2) is 29.5 Å². The maximum Gasteiger partial charge on any atom is 0.251 e. The predicted molar refractivity (Wildman–Crippen MR) is 89.5 cm³/mol. The molecule has 0 spiro atoms. The maximum absolute atomic E-state index is 11.6. The second-order valence-corrected chi connectivity index (χ2v) is 4.60. The summed E-state index contributed by atoms with van der Waals surface area (Å²) in [5.74, 6) is 0.377. The first kappa shape index (κ1) is 17.9. The minimum atomic E-state index is -0.179. The van der Waals surface area contributed by atoms with E-state index < -0.39 is 0 Å². The second-order valence-electron chi connectivity index (χ2n) is 4.60. The first-order chi connectivity index (χ1) is 10.1. The van der Waals surface area contributed by atoms with Gasteiger partial charge in [-0.1, -0.05) is 19.1 Å². The molecule has 0 fully saturated rings. The Kier molecular flexibility index (Phi) is 6.75. The molecule has 0 aliphatic rings. The third-order valence-corrected chi connectivity index (χ3v) is 2.91. The Hall–Kier alpha value is -2.18. The highest BCUT2D eigenvalue weighted by Crippen LogP contribution is 2.18. The van der Waals surface area contributed by atoms with Crippen molar-refractivity contribution in [1.82, 2.24) is 15.3 Å². The molecule has 118 valence electrons. The lowest BCUT2D eigenvalue weighted by Crippen LogP contribution is -2.25. The number of carbonyl (C=O) groups excluding carboxylic acids is 1. The van der Waals surface area contributed by atoms with Crippen LogP contribution in [0.2, 0.25) is 0 Å². The van der Waals surface area contributed by atoms with Crippen LogP contribution < -0.4 is 16.2 Å². The predicted octanol–water partition coefficient (Wildman–Crippen LogP) is 1.58. The van der Waals surface area contributed by atoms with Gasteiger partial charge in [0.25, 0.3) is 5.56 Å². The number of carbonyl (C=O) groups is 1. The first-order valence-corrected chi connectivity index (χ1v) is 6.77. The van der Waals surface area contributed by atoms with Gasteiger partial charge in [0.1, 0.15) is 5.82 Å². The van der Waals surface area contributed by atoms with Gasteiger partial charge in [0.2, 0.25) is 5.91 Å². The number of hydrogen-bond acceptors (Lipinski definition) is 4. The van der Waals surface area contributed by atoms with Gasteiger partial charge in [0, 0.05) is 23.0 Å². The summed E-state index contributed by atoms with van der Waals surface area (Å²) < 4.78 is 0. The highest BCUT2D eigenvalue weighted by molar-refractivity contribution is 5.92. The van der Waals surface area contributed by atoms with Crippen molar-refractivity contribution in [2.45, 2.75) is 13.3 Å². The Morgan fingerprint density at radius 2 is 2.09 bits per heavy atom. The Morgan fingerprint density at radius 3 is 2.77 bits per heavy atom. The second kappa shape index (κ2) is 8.31. The molecule has 1 amide bonds. The van der Waals surface area contributed by atoms with Crippen LogP contribution in [0.4, 0.5) is 5.69 Å². The monoisotopic (exact) mass is 322 g/mol. The van der Waals surface area contributed by atoms with Gasteiger partial charge in [-0.2, -0.15) is 0 Å². The van der Waals surface area contributed by atoms with Gasteiger partial charge in [-0.05, 0) is 25.6 Å². The molecule has 3 N–H and O–H groups in total. The van der Waals surface area contributed by atoms with Gasteiger partial charge in [-0.15, -0.1) is 12.4 Å². The summed E-state index contributed by atoms with van der Waals surface area (Å²) >= 11 is 0.